The lowest BCUT2D eigenvalue weighted by Crippen LogP contribution is -2.42. The number of ether oxygens (including phenoxy) is 1. The highest BCUT2D eigenvalue weighted by Crippen LogP contribution is 2.41. The van der Waals surface area contributed by atoms with Gasteiger partial charge in [-0.1, -0.05) is 0 Å². The van der Waals surface area contributed by atoms with E-state index >= 15 is 0 Å². The Morgan fingerprint density at radius 1 is 1.22 bits per heavy atom. The van der Waals surface area contributed by atoms with Gasteiger partial charge in [0.1, 0.15) is 11.9 Å². The molecule has 1 atom stereocenters. The number of aromatic nitrogens is 3. The van der Waals surface area contributed by atoms with Gasteiger partial charge in [0, 0.05) is 44.5 Å². The van der Waals surface area contributed by atoms with Crippen molar-refractivity contribution in [1.29, 1.82) is 5.26 Å². The summed E-state index contributed by atoms with van der Waals surface area (Å²) in [5.41, 5.74) is 2.17. The van der Waals surface area contributed by atoms with Crippen molar-refractivity contribution in [2.24, 2.45) is 5.41 Å². The Labute approximate surface area is 217 Å². The number of H-pyrrole nitrogens is 1. The van der Waals surface area contributed by atoms with Crippen molar-refractivity contribution in [3.8, 4) is 6.07 Å². The number of nitrogens with zero attached hydrogens (tertiary/aromatic N) is 6. The minimum absolute atomic E-state index is 0.158. The molecule has 1 spiro atoms. The van der Waals surface area contributed by atoms with E-state index in [9.17, 15) is 9.59 Å². The number of nitrogens with one attached hydrogen (secondary N) is 1. The van der Waals surface area contributed by atoms with Crippen molar-refractivity contribution >= 4 is 17.4 Å². The Kier molecular flexibility index (Phi) is 7.42. The van der Waals surface area contributed by atoms with Crippen molar-refractivity contribution in [2.75, 3.05) is 55.7 Å². The van der Waals surface area contributed by atoms with E-state index in [2.05, 4.69) is 31.1 Å². The second-order valence-corrected chi connectivity index (χ2v) is 10.6. The predicted molar refractivity (Wildman–Crippen MR) is 139 cm³/mol. The molecule has 0 unspecified atom stereocenters. The van der Waals surface area contributed by atoms with Crippen molar-refractivity contribution in [3.05, 3.63) is 46.0 Å². The molecule has 0 aromatic carbocycles. The maximum absolute atomic E-state index is 12.9. The molecule has 3 aliphatic heterocycles. The smallest absolute Gasteiger partial charge is 0.269 e. The molecule has 5 rings (SSSR count). The van der Waals surface area contributed by atoms with Crippen LogP contribution in [-0.4, -0.2) is 78.0 Å². The molecule has 0 saturated carbocycles. The molecule has 3 saturated heterocycles. The lowest BCUT2D eigenvalue weighted by Gasteiger charge is -2.39. The van der Waals surface area contributed by atoms with Crippen LogP contribution >= 0.6 is 0 Å². The van der Waals surface area contributed by atoms with Crippen molar-refractivity contribution < 1.29 is 9.53 Å². The lowest BCUT2D eigenvalue weighted by molar-refractivity contribution is -0.131. The van der Waals surface area contributed by atoms with Gasteiger partial charge in [0.05, 0.1) is 43.1 Å². The first-order chi connectivity index (χ1) is 18.0. The standard InChI is InChI=1S/C27H35N7O3/c1-20-23(17-30-31-26(20)36)34-10-2-3-22(34)18-37-14-6-25(35)33-13-9-27(19-33)7-11-32(12-8-27)24-5-4-21(15-28)16-29-24/h4-5,16-17,22H,2-3,6-14,18-19H2,1H3,(H,31,36)/t22-/m0/s1. The number of likely N-dealkylation sites (tertiary alicyclic amines) is 1. The number of nitriles is 1. The van der Waals surface area contributed by atoms with Gasteiger partial charge in [-0.15, -0.1) is 0 Å². The normalized spacial score (nSPS) is 21.0. The largest absolute Gasteiger partial charge is 0.379 e. The van der Waals surface area contributed by atoms with E-state index in [4.69, 9.17) is 10.00 Å². The molecule has 1 N–H and O–H groups in total. The maximum Gasteiger partial charge on any atom is 0.269 e. The van der Waals surface area contributed by atoms with Crippen LogP contribution in [0.4, 0.5) is 11.5 Å². The summed E-state index contributed by atoms with van der Waals surface area (Å²) in [5, 5.41) is 15.4. The van der Waals surface area contributed by atoms with Crippen LogP contribution in [-0.2, 0) is 9.53 Å². The summed E-state index contributed by atoms with van der Waals surface area (Å²) in [5.74, 6) is 1.09. The lowest BCUT2D eigenvalue weighted by atomic mass is 9.78. The van der Waals surface area contributed by atoms with Gasteiger partial charge < -0.3 is 19.4 Å². The number of hydrogen-bond acceptors (Lipinski definition) is 8. The Bertz CT molecular complexity index is 1200. The topological polar surface area (TPSA) is 118 Å². The average molecular weight is 506 g/mol. The van der Waals surface area contributed by atoms with Gasteiger partial charge in [0.25, 0.3) is 5.56 Å². The Morgan fingerprint density at radius 3 is 2.78 bits per heavy atom. The molecular weight excluding hydrogens is 470 g/mol. The summed E-state index contributed by atoms with van der Waals surface area (Å²) in [7, 11) is 0. The zero-order valence-corrected chi connectivity index (χ0v) is 21.5. The minimum atomic E-state index is -0.158. The number of amides is 1. The molecule has 5 heterocycles. The van der Waals surface area contributed by atoms with Gasteiger partial charge in [0.2, 0.25) is 5.91 Å². The van der Waals surface area contributed by atoms with E-state index < -0.39 is 0 Å². The fraction of sp³-hybridized carbons (Fsp3) is 0.593. The van der Waals surface area contributed by atoms with E-state index in [0.29, 0.717) is 30.8 Å². The number of carbonyl (C=O) groups is 1. The average Bonchev–Trinajstić information content (AvgIpc) is 3.56. The Hall–Kier alpha value is -3.45. The molecule has 0 aliphatic carbocycles. The van der Waals surface area contributed by atoms with Gasteiger partial charge in [-0.3, -0.25) is 9.59 Å². The molecule has 3 fully saturated rings. The van der Waals surface area contributed by atoms with Crippen molar-refractivity contribution in [3.63, 3.8) is 0 Å². The van der Waals surface area contributed by atoms with Gasteiger partial charge >= 0.3 is 0 Å². The second kappa shape index (κ2) is 10.9. The first kappa shape index (κ1) is 25.2. The highest BCUT2D eigenvalue weighted by Gasteiger charge is 2.42. The van der Waals surface area contributed by atoms with Crippen molar-refractivity contribution in [2.45, 2.75) is 51.5 Å². The molecule has 37 heavy (non-hydrogen) atoms. The fourth-order valence-corrected chi connectivity index (χ4v) is 6.01. The molecule has 0 bridgehead atoms. The third kappa shape index (κ3) is 5.47. The number of carbonyl (C=O) groups excluding carboxylic acids is 1. The van der Waals surface area contributed by atoms with E-state index in [-0.39, 0.29) is 22.9 Å². The summed E-state index contributed by atoms with van der Waals surface area (Å²) < 4.78 is 5.96. The molecule has 10 heteroatoms. The quantitative estimate of drug-likeness (QED) is 0.569. The number of anilines is 2. The van der Waals surface area contributed by atoms with Gasteiger partial charge in [-0.05, 0) is 56.6 Å². The van der Waals surface area contributed by atoms with E-state index in [0.717, 1.165) is 76.3 Å². The number of aromatic amines is 1. The SMILES string of the molecule is Cc1c(N2CCC[C@H]2COCCC(=O)N2CCC3(CCN(c4ccc(C#N)cn4)CC3)C2)cn[nH]c1=O. The number of rotatable bonds is 7. The number of pyridine rings is 1. The molecule has 10 nitrogen and oxygen atoms in total. The zero-order chi connectivity index (χ0) is 25.8. The van der Waals surface area contributed by atoms with Crippen LogP contribution in [0.15, 0.2) is 29.3 Å². The fourth-order valence-electron chi connectivity index (χ4n) is 6.01. The van der Waals surface area contributed by atoms with Crippen LogP contribution < -0.4 is 15.4 Å². The third-order valence-electron chi connectivity index (χ3n) is 8.35. The van der Waals surface area contributed by atoms with Crippen LogP contribution in [0.2, 0.25) is 0 Å². The minimum Gasteiger partial charge on any atom is -0.379 e. The number of hydrogen-bond donors (Lipinski definition) is 1. The van der Waals surface area contributed by atoms with Crippen LogP contribution in [0.3, 0.4) is 0 Å². The van der Waals surface area contributed by atoms with Crippen LogP contribution in [0.1, 0.15) is 49.7 Å². The molecule has 196 valence electrons. The van der Waals surface area contributed by atoms with Crippen LogP contribution in [0.5, 0.6) is 0 Å². The molecule has 1 amide bonds. The van der Waals surface area contributed by atoms with Crippen LogP contribution in [0.25, 0.3) is 0 Å². The van der Waals surface area contributed by atoms with Crippen LogP contribution in [0, 0.1) is 23.7 Å². The summed E-state index contributed by atoms with van der Waals surface area (Å²) in [6, 6.07) is 6.05. The second-order valence-electron chi connectivity index (χ2n) is 10.6. The van der Waals surface area contributed by atoms with E-state index in [1.165, 1.54) is 0 Å². The highest BCUT2D eigenvalue weighted by atomic mass is 16.5. The molecule has 2 aromatic rings. The molecule has 3 aliphatic rings. The Morgan fingerprint density at radius 2 is 2.03 bits per heavy atom. The third-order valence-corrected chi connectivity index (χ3v) is 8.35. The Balaban J connectivity index is 1.05. The first-order valence-electron chi connectivity index (χ1n) is 13.3. The molecule has 0 radical (unpaired) electrons. The first-order valence-corrected chi connectivity index (χ1v) is 13.3. The summed E-state index contributed by atoms with van der Waals surface area (Å²) in [6.07, 6.45) is 8.93. The monoisotopic (exact) mass is 505 g/mol. The van der Waals surface area contributed by atoms with E-state index in [1.807, 2.05) is 24.0 Å². The molecule has 2 aromatic heterocycles. The molecular formula is C27H35N7O3. The maximum atomic E-state index is 12.9. The number of piperidine rings is 1. The predicted octanol–water partition coefficient (Wildman–Crippen LogP) is 2.24. The zero-order valence-electron chi connectivity index (χ0n) is 21.5. The highest BCUT2D eigenvalue weighted by molar-refractivity contribution is 5.76. The van der Waals surface area contributed by atoms with Gasteiger partial charge in [0.15, 0.2) is 0 Å². The van der Waals surface area contributed by atoms with Gasteiger partial charge in [-0.25, -0.2) is 10.1 Å². The van der Waals surface area contributed by atoms with E-state index in [1.54, 1.807) is 12.4 Å². The van der Waals surface area contributed by atoms with Crippen molar-refractivity contribution in [1.82, 2.24) is 20.1 Å². The summed E-state index contributed by atoms with van der Waals surface area (Å²) in [6.45, 7) is 7.15. The van der Waals surface area contributed by atoms with Gasteiger partial charge in [-0.2, -0.15) is 10.4 Å². The summed E-state index contributed by atoms with van der Waals surface area (Å²) >= 11 is 0. The summed E-state index contributed by atoms with van der Waals surface area (Å²) in [4.78, 5) is 35.8.